The van der Waals surface area contributed by atoms with Crippen LogP contribution in [0, 0.1) is 0 Å². The Kier molecular flexibility index (Phi) is 5.31. The molecule has 0 fully saturated rings. The third-order valence-electron chi connectivity index (χ3n) is 4.14. The Balaban J connectivity index is 2.20. The van der Waals surface area contributed by atoms with E-state index in [0.717, 1.165) is 16.5 Å². The van der Waals surface area contributed by atoms with Gasteiger partial charge in [-0.2, -0.15) is 0 Å². The van der Waals surface area contributed by atoms with Crippen molar-refractivity contribution in [2.24, 2.45) is 0 Å². The molecule has 4 nitrogen and oxygen atoms in total. The number of aliphatic hydroxyl groups excluding tert-OH is 1. The first kappa shape index (κ1) is 17.4. The smallest absolute Gasteiger partial charge is 0.254 e. The highest BCUT2D eigenvalue weighted by molar-refractivity contribution is 6.33. The lowest BCUT2D eigenvalue weighted by molar-refractivity contribution is 0.0734. The molecular weight excluding hydrogens is 336 g/mol. The van der Waals surface area contributed by atoms with Gasteiger partial charge in [0.25, 0.3) is 5.91 Å². The van der Waals surface area contributed by atoms with Crippen LogP contribution in [0.2, 0.25) is 5.02 Å². The third kappa shape index (κ3) is 3.50. The fraction of sp³-hybridized carbons (Fsp3) is 0.200. The number of hydrogen-bond acceptors (Lipinski definition) is 3. The summed E-state index contributed by atoms with van der Waals surface area (Å²) in [6.07, 6.45) is 0. The van der Waals surface area contributed by atoms with Gasteiger partial charge in [0.15, 0.2) is 0 Å². The van der Waals surface area contributed by atoms with Gasteiger partial charge in [-0.1, -0.05) is 48.0 Å². The summed E-state index contributed by atoms with van der Waals surface area (Å²) in [7, 11) is 0. The van der Waals surface area contributed by atoms with Crippen LogP contribution < -0.4 is 0 Å². The van der Waals surface area contributed by atoms with Crippen molar-refractivity contribution in [3.63, 3.8) is 0 Å². The number of benzene rings is 2. The molecule has 1 heterocycles. The number of fused-ring (bicyclic) bond motifs is 1. The number of likely N-dealkylation sites (N-methyl/N-ethyl adjacent to an activating group) is 1. The number of aromatic nitrogens is 1. The second-order valence-electron chi connectivity index (χ2n) is 5.66. The molecule has 128 valence electrons. The zero-order chi connectivity index (χ0) is 17.8. The monoisotopic (exact) mass is 354 g/mol. The van der Waals surface area contributed by atoms with E-state index in [4.69, 9.17) is 11.6 Å². The highest BCUT2D eigenvalue weighted by Crippen LogP contribution is 2.30. The summed E-state index contributed by atoms with van der Waals surface area (Å²) in [6.45, 7) is 2.65. The van der Waals surface area contributed by atoms with Crippen molar-refractivity contribution >= 4 is 28.4 Å². The summed E-state index contributed by atoms with van der Waals surface area (Å²) in [5.41, 5.74) is 2.75. The molecule has 0 unspecified atom stereocenters. The van der Waals surface area contributed by atoms with Gasteiger partial charge in [0.2, 0.25) is 0 Å². The summed E-state index contributed by atoms with van der Waals surface area (Å²) in [4.78, 5) is 19.3. The van der Waals surface area contributed by atoms with E-state index < -0.39 is 0 Å². The quantitative estimate of drug-likeness (QED) is 0.753. The molecule has 2 aromatic carbocycles. The third-order valence-corrected chi connectivity index (χ3v) is 4.46. The molecular formula is C20H19ClN2O2. The van der Waals surface area contributed by atoms with Gasteiger partial charge < -0.3 is 10.0 Å². The number of hydrogen-bond donors (Lipinski definition) is 1. The molecule has 5 heteroatoms. The molecule has 0 atom stereocenters. The molecule has 0 aliphatic carbocycles. The fourth-order valence-corrected chi connectivity index (χ4v) is 3.09. The number of para-hydroxylation sites is 1. The summed E-state index contributed by atoms with van der Waals surface area (Å²) in [5.74, 6) is -0.122. The average Bonchev–Trinajstić information content (AvgIpc) is 2.65. The molecule has 1 aromatic heterocycles. The molecule has 25 heavy (non-hydrogen) atoms. The van der Waals surface area contributed by atoms with Crippen LogP contribution in [0.15, 0.2) is 54.6 Å². The molecule has 0 saturated carbocycles. The number of carbonyl (C=O) groups excluding carboxylic acids is 1. The Morgan fingerprint density at radius 2 is 1.88 bits per heavy atom. The SMILES string of the molecule is CCN(CCO)C(=O)c1cc(-c2ccccc2Cl)nc2ccccc12. The van der Waals surface area contributed by atoms with Gasteiger partial charge in [-0.05, 0) is 25.1 Å². The number of nitrogens with zero attached hydrogens (tertiary/aromatic N) is 2. The van der Waals surface area contributed by atoms with E-state index in [2.05, 4.69) is 4.98 Å². The van der Waals surface area contributed by atoms with E-state index in [1.165, 1.54) is 0 Å². The van der Waals surface area contributed by atoms with E-state index in [-0.39, 0.29) is 12.5 Å². The maximum Gasteiger partial charge on any atom is 0.254 e. The second kappa shape index (κ2) is 7.64. The highest BCUT2D eigenvalue weighted by atomic mass is 35.5. The van der Waals surface area contributed by atoms with Crippen molar-refractivity contribution in [3.8, 4) is 11.3 Å². The Hall–Kier alpha value is -2.43. The van der Waals surface area contributed by atoms with Gasteiger partial charge in [0, 0.05) is 29.1 Å². The largest absolute Gasteiger partial charge is 0.395 e. The molecule has 0 saturated heterocycles. The van der Waals surface area contributed by atoms with E-state index >= 15 is 0 Å². The van der Waals surface area contributed by atoms with Crippen molar-refractivity contribution in [2.45, 2.75) is 6.92 Å². The Labute approximate surface area is 151 Å². The molecule has 0 radical (unpaired) electrons. The second-order valence-corrected chi connectivity index (χ2v) is 6.07. The van der Waals surface area contributed by atoms with Crippen LogP contribution in [0.1, 0.15) is 17.3 Å². The van der Waals surface area contributed by atoms with E-state index in [1.54, 1.807) is 17.0 Å². The molecule has 0 aliphatic heterocycles. The minimum absolute atomic E-state index is 0.0695. The summed E-state index contributed by atoms with van der Waals surface area (Å²) >= 11 is 6.31. The molecule has 3 rings (SSSR count). The average molecular weight is 355 g/mol. The normalized spacial score (nSPS) is 10.8. The lowest BCUT2D eigenvalue weighted by atomic mass is 10.0. The van der Waals surface area contributed by atoms with Crippen molar-refractivity contribution in [3.05, 3.63) is 65.2 Å². The van der Waals surface area contributed by atoms with Gasteiger partial charge >= 0.3 is 0 Å². The summed E-state index contributed by atoms with van der Waals surface area (Å²) in [5, 5.41) is 10.6. The number of rotatable bonds is 5. The topological polar surface area (TPSA) is 53.4 Å². The minimum Gasteiger partial charge on any atom is -0.395 e. The zero-order valence-electron chi connectivity index (χ0n) is 13.9. The Bertz CT molecular complexity index is 911. The molecule has 0 bridgehead atoms. The number of pyridine rings is 1. The summed E-state index contributed by atoms with van der Waals surface area (Å²) in [6, 6.07) is 16.8. The van der Waals surface area contributed by atoms with Crippen LogP contribution in [0.3, 0.4) is 0 Å². The number of halogens is 1. The van der Waals surface area contributed by atoms with Crippen molar-refractivity contribution in [1.82, 2.24) is 9.88 Å². The van der Waals surface area contributed by atoms with Gasteiger partial charge in [0.05, 0.1) is 23.4 Å². The first-order chi connectivity index (χ1) is 12.2. The lowest BCUT2D eigenvalue weighted by Gasteiger charge is -2.21. The first-order valence-corrected chi connectivity index (χ1v) is 8.58. The minimum atomic E-state index is -0.122. The van der Waals surface area contributed by atoms with Crippen LogP contribution in [-0.4, -0.2) is 40.6 Å². The van der Waals surface area contributed by atoms with Crippen molar-refractivity contribution in [2.75, 3.05) is 19.7 Å². The Morgan fingerprint density at radius 3 is 2.60 bits per heavy atom. The van der Waals surface area contributed by atoms with Crippen LogP contribution in [0.4, 0.5) is 0 Å². The predicted molar refractivity (Wildman–Crippen MR) is 101 cm³/mol. The molecule has 3 aromatic rings. The molecule has 0 aliphatic rings. The maximum atomic E-state index is 13.0. The lowest BCUT2D eigenvalue weighted by Crippen LogP contribution is -2.33. The van der Waals surface area contributed by atoms with Crippen LogP contribution in [0.5, 0.6) is 0 Å². The maximum absolute atomic E-state index is 13.0. The van der Waals surface area contributed by atoms with E-state index in [1.807, 2.05) is 49.4 Å². The van der Waals surface area contributed by atoms with Crippen LogP contribution >= 0.6 is 11.6 Å². The van der Waals surface area contributed by atoms with E-state index in [9.17, 15) is 9.90 Å². The zero-order valence-corrected chi connectivity index (χ0v) is 14.7. The summed E-state index contributed by atoms with van der Waals surface area (Å²) < 4.78 is 0. The predicted octanol–water partition coefficient (Wildman–Crippen LogP) is 4.01. The van der Waals surface area contributed by atoms with Crippen LogP contribution in [-0.2, 0) is 0 Å². The van der Waals surface area contributed by atoms with Crippen LogP contribution in [0.25, 0.3) is 22.2 Å². The Morgan fingerprint density at radius 1 is 1.16 bits per heavy atom. The molecule has 1 amide bonds. The van der Waals surface area contributed by atoms with Crippen molar-refractivity contribution < 1.29 is 9.90 Å². The molecule has 0 spiro atoms. The van der Waals surface area contributed by atoms with Crippen molar-refractivity contribution in [1.29, 1.82) is 0 Å². The standard InChI is InChI=1S/C20H19ClN2O2/c1-2-23(11-12-24)20(25)16-13-19(15-8-3-5-9-17(15)21)22-18-10-6-4-7-14(16)18/h3-10,13,24H,2,11-12H2,1H3. The highest BCUT2D eigenvalue weighted by Gasteiger charge is 2.19. The number of carbonyl (C=O) groups is 1. The van der Waals surface area contributed by atoms with Gasteiger partial charge in [0.1, 0.15) is 0 Å². The number of aliphatic hydroxyl groups is 1. The van der Waals surface area contributed by atoms with Gasteiger partial charge in [-0.15, -0.1) is 0 Å². The number of amides is 1. The fourth-order valence-electron chi connectivity index (χ4n) is 2.85. The van der Waals surface area contributed by atoms with E-state index in [0.29, 0.717) is 29.4 Å². The van der Waals surface area contributed by atoms with Gasteiger partial charge in [-0.3, -0.25) is 4.79 Å². The first-order valence-electron chi connectivity index (χ1n) is 8.20. The van der Waals surface area contributed by atoms with Gasteiger partial charge in [-0.25, -0.2) is 4.98 Å². The molecule has 1 N–H and O–H groups in total.